The molecule has 1 aromatic heterocycles. The van der Waals surface area contributed by atoms with Crippen LogP contribution in [-0.4, -0.2) is 37.2 Å². The number of likely N-dealkylation sites (N-methyl/N-ethyl adjacent to an activating group) is 1. The highest BCUT2D eigenvalue weighted by Crippen LogP contribution is 2.23. The number of aromatic nitrogens is 2. The lowest BCUT2D eigenvalue weighted by molar-refractivity contribution is -0.118. The third-order valence-electron chi connectivity index (χ3n) is 4.25. The molecule has 6 heteroatoms. The van der Waals surface area contributed by atoms with E-state index in [1.54, 1.807) is 13.2 Å². The maximum Gasteiger partial charge on any atom is 0.246 e. The Kier molecular flexibility index (Phi) is 5.34. The molecule has 134 valence electrons. The predicted molar refractivity (Wildman–Crippen MR) is 105 cm³/mol. The summed E-state index contributed by atoms with van der Waals surface area (Å²) in [7, 11) is 5.75. The summed E-state index contributed by atoms with van der Waals surface area (Å²) in [5, 5.41) is 12.8. The standard InChI is InChI=1S/C20H23N5O/c1-21-19(15-5-4-6-18(11-15)25(2)3)20(26)24-17-9-7-14(8-10-17)16-12-22-23-13-16/h4-13,19,21H,1-3H3,(H,22,23)(H,24,26). The Bertz CT molecular complexity index is 856. The summed E-state index contributed by atoms with van der Waals surface area (Å²) < 4.78 is 0. The van der Waals surface area contributed by atoms with Gasteiger partial charge in [-0.1, -0.05) is 24.3 Å². The van der Waals surface area contributed by atoms with Gasteiger partial charge in [-0.15, -0.1) is 0 Å². The topological polar surface area (TPSA) is 73.0 Å². The van der Waals surface area contributed by atoms with Crippen LogP contribution in [0, 0.1) is 0 Å². The highest BCUT2D eigenvalue weighted by molar-refractivity contribution is 5.95. The first-order valence-corrected chi connectivity index (χ1v) is 8.43. The van der Waals surface area contributed by atoms with Gasteiger partial charge in [0.2, 0.25) is 5.91 Å². The molecule has 0 aliphatic heterocycles. The Morgan fingerprint density at radius 3 is 2.50 bits per heavy atom. The largest absolute Gasteiger partial charge is 0.378 e. The van der Waals surface area contributed by atoms with Gasteiger partial charge in [0, 0.05) is 37.2 Å². The van der Waals surface area contributed by atoms with Crippen LogP contribution in [0.2, 0.25) is 0 Å². The second-order valence-corrected chi connectivity index (χ2v) is 6.26. The smallest absolute Gasteiger partial charge is 0.246 e. The van der Waals surface area contributed by atoms with Gasteiger partial charge in [-0.25, -0.2) is 0 Å². The van der Waals surface area contributed by atoms with Crippen LogP contribution in [0.25, 0.3) is 11.1 Å². The summed E-state index contributed by atoms with van der Waals surface area (Å²) in [5.74, 6) is -0.0977. The lowest BCUT2D eigenvalue weighted by Gasteiger charge is -2.19. The van der Waals surface area contributed by atoms with Crippen molar-refractivity contribution in [3.63, 3.8) is 0 Å². The van der Waals surface area contributed by atoms with Gasteiger partial charge >= 0.3 is 0 Å². The molecule has 0 saturated heterocycles. The number of carbonyl (C=O) groups is 1. The zero-order valence-electron chi connectivity index (χ0n) is 15.2. The van der Waals surface area contributed by atoms with Crippen molar-refractivity contribution >= 4 is 17.3 Å². The molecule has 2 aromatic carbocycles. The lowest BCUT2D eigenvalue weighted by Crippen LogP contribution is -2.30. The Balaban J connectivity index is 1.74. The molecule has 6 nitrogen and oxygen atoms in total. The molecular formula is C20H23N5O. The van der Waals surface area contributed by atoms with Crippen LogP contribution in [0.3, 0.4) is 0 Å². The fraction of sp³-hybridized carbons (Fsp3) is 0.200. The van der Waals surface area contributed by atoms with Crippen molar-refractivity contribution in [2.45, 2.75) is 6.04 Å². The number of H-pyrrole nitrogens is 1. The molecule has 3 N–H and O–H groups in total. The average Bonchev–Trinajstić information content (AvgIpc) is 3.18. The van der Waals surface area contributed by atoms with Crippen molar-refractivity contribution in [2.75, 3.05) is 31.4 Å². The number of aromatic amines is 1. The van der Waals surface area contributed by atoms with E-state index in [4.69, 9.17) is 0 Å². The van der Waals surface area contributed by atoms with Gasteiger partial charge in [0.1, 0.15) is 6.04 Å². The third-order valence-corrected chi connectivity index (χ3v) is 4.25. The molecule has 3 rings (SSSR count). The van der Waals surface area contributed by atoms with Gasteiger partial charge in [-0.2, -0.15) is 5.10 Å². The number of anilines is 2. The van der Waals surface area contributed by atoms with Crippen LogP contribution in [0.4, 0.5) is 11.4 Å². The van der Waals surface area contributed by atoms with E-state index in [1.807, 2.05) is 73.7 Å². The number of amides is 1. The Morgan fingerprint density at radius 1 is 1.12 bits per heavy atom. The van der Waals surface area contributed by atoms with E-state index in [9.17, 15) is 4.79 Å². The number of benzene rings is 2. The van der Waals surface area contributed by atoms with Gasteiger partial charge in [0.25, 0.3) is 0 Å². The first-order chi connectivity index (χ1) is 12.6. The number of rotatable bonds is 6. The van der Waals surface area contributed by atoms with E-state index in [0.717, 1.165) is 28.1 Å². The van der Waals surface area contributed by atoms with Gasteiger partial charge in [0.15, 0.2) is 0 Å². The number of nitrogens with one attached hydrogen (secondary N) is 3. The Hall–Kier alpha value is -3.12. The SMILES string of the molecule is CNC(C(=O)Nc1ccc(-c2cn[nH]c2)cc1)c1cccc(N(C)C)c1. The summed E-state index contributed by atoms with van der Waals surface area (Å²) in [6.07, 6.45) is 3.60. The molecular weight excluding hydrogens is 326 g/mol. The molecule has 1 unspecified atom stereocenters. The molecule has 1 heterocycles. The molecule has 3 aromatic rings. The van der Waals surface area contributed by atoms with E-state index in [2.05, 4.69) is 20.8 Å². The zero-order valence-corrected chi connectivity index (χ0v) is 15.2. The zero-order chi connectivity index (χ0) is 18.5. The van der Waals surface area contributed by atoms with Crippen molar-refractivity contribution in [1.29, 1.82) is 0 Å². The van der Waals surface area contributed by atoms with Crippen LogP contribution in [0.15, 0.2) is 60.9 Å². The quantitative estimate of drug-likeness (QED) is 0.639. The van der Waals surface area contributed by atoms with Gasteiger partial charge in [0.05, 0.1) is 6.20 Å². The number of nitrogens with zero attached hydrogens (tertiary/aromatic N) is 2. The normalized spacial score (nSPS) is 11.8. The summed E-state index contributed by atoms with van der Waals surface area (Å²) in [6, 6.07) is 15.2. The molecule has 0 spiro atoms. The van der Waals surface area contributed by atoms with Gasteiger partial charge in [-0.05, 0) is 42.4 Å². The lowest BCUT2D eigenvalue weighted by atomic mass is 10.0. The van der Waals surface area contributed by atoms with Gasteiger partial charge in [-0.3, -0.25) is 9.89 Å². The summed E-state index contributed by atoms with van der Waals surface area (Å²) in [6.45, 7) is 0. The van der Waals surface area contributed by atoms with E-state index in [-0.39, 0.29) is 5.91 Å². The molecule has 0 bridgehead atoms. The summed E-state index contributed by atoms with van der Waals surface area (Å²) in [4.78, 5) is 14.8. The van der Waals surface area contributed by atoms with Crippen molar-refractivity contribution in [3.8, 4) is 11.1 Å². The Labute approximate surface area is 153 Å². The number of hydrogen-bond donors (Lipinski definition) is 3. The molecule has 1 amide bonds. The van der Waals surface area contributed by atoms with Gasteiger partial charge < -0.3 is 15.5 Å². The molecule has 0 aliphatic rings. The summed E-state index contributed by atoms with van der Waals surface area (Å²) >= 11 is 0. The van der Waals surface area contributed by atoms with Crippen molar-refractivity contribution in [2.24, 2.45) is 0 Å². The van der Waals surface area contributed by atoms with Crippen LogP contribution < -0.4 is 15.5 Å². The Morgan fingerprint density at radius 2 is 1.88 bits per heavy atom. The maximum atomic E-state index is 12.7. The average molecular weight is 349 g/mol. The van der Waals surface area contributed by atoms with Crippen molar-refractivity contribution in [1.82, 2.24) is 15.5 Å². The van der Waals surface area contributed by atoms with Crippen LogP contribution in [0.5, 0.6) is 0 Å². The first kappa shape index (κ1) is 17.7. The number of hydrogen-bond acceptors (Lipinski definition) is 4. The highest BCUT2D eigenvalue weighted by Gasteiger charge is 2.19. The molecule has 0 aliphatic carbocycles. The highest BCUT2D eigenvalue weighted by atomic mass is 16.2. The molecule has 0 fully saturated rings. The van der Waals surface area contributed by atoms with E-state index >= 15 is 0 Å². The summed E-state index contributed by atoms with van der Waals surface area (Å²) in [5.41, 5.74) is 4.79. The molecule has 1 atom stereocenters. The molecule has 0 saturated carbocycles. The monoisotopic (exact) mass is 349 g/mol. The van der Waals surface area contributed by atoms with E-state index < -0.39 is 6.04 Å². The minimum atomic E-state index is -0.427. The predicted octanol–water partition coefficient (Wildman–Crippen LogP) is 3.04. The van der Waals surface area contributed by atoms with Crippen LogP contribution in [0.1, 0.15) is 11.6 Å². The first-order valence-electron chi connectivity index (χ1n) is 8.43. The second kappa shape index (κ2) is 7.84. The minimum absolute atomic E-state index is 0.0977. The number of carbonyl (C=O) groups excluding carboxylic acids is 1. The van der Waals surface area contributed by atoms with Crippen LogP contribution >= 0.6 is 0 Å². The van der Waals surface area contributed by atoms with E-state index in [0.29, 0.717) is 0 Å². The fourth-order valence-corrected chi connectivity index (χ4v) is 2.80. The van der Waals surface area contributed by atoms with Crippen LogP contribution in [-0.2, 0) is 4.79 Å². The minimum Gasteiger partial charge on any atom is -0.378 e. The fourth-order valence-electron chi connectivity index (χ4n) is 2.80. The van der Waals surface area contributed by atoms with Crippen molar-refractivity contribution in [3.05, 3.63) is 66.5 Å². The van der Waals surface area contributed by atoms with E-state index in [1.165, 1.54) is 0 Å². The third kappa shape index (κ3) is 3.92. The van der Waals surface area contributed by atoms with Crippen molar-refractivity contribution < 1.29 is 4.79 Å². The molecule has 0 radical (unpaired) electrons. The maximum absolute atomic E-state index is 12.7. The second-order valence-electron chi connectivity index (χ2n) is 6.26. The molecule has 26 heavy (non-hydrogen) atoms.